The lowest BCUT2D eigenvalue weighted by Gasteiger charge is -2.03. The zero-order chi connectivity index (χ0) is 10.6. The Morgan fingerprint density at radius 3 is 2.86 bits per heavy atom. The van der Waals surface area contributed by atoms with Gasteiger partial charge in [0, 0.05) is 17.0 Å². The van der Waals surface area contributed by atoms with Gasteiger partial charge in [-0.3, -0.25) is 0 Å². The number of phenols is 1. The molecule has 1 rings (SSSR count). The molecule has 0 atom stereocenters. The number of rotatable bonds is 3. The number of aldehydes is 1. The lowest BCUT2D eigenvalue weighted by atomic mass is 10.1. The topological polar surface area (TPSA) is 37.3 Å². The normalized spacial score (nSPS) is 10.7. The number of phenolic OH excluding ortho intramolecular Hbond substituents is 1. The van der Waals surface area contributed by atoms with Crippen molar-refractivity contribution in [1.82, 2.24) is 0 Å². The van der Waals surface area contributed by atoms with E-state index in [1.807, 2.05) is 0 Å². The van der Waals surface area contributed by atoms with Crippen molar-refractivity contribution in [2.75, 3.05) is 0 Å². The Kier molecular flexibility index (Phi) is 3.72. The molecule has 0 aliphatic carbocycles. The first-order valence-electron chi connectivity index (χ1n) is 4.24. The molecule has 74 valence electrons. The smallest absolute Gasteiger partial charge is 0.125 e. The number of carbonyl (C=O) groups is 1. The van der Waals surface area contributed by atoms with Crippen LogP contribution in [0.4, 0.5) is 0 Å². The molecule has 1 aromatic rings. The Balaban J connectivity index is 3.01. The molecule has 14 heavy (non-hydrogen) atoms. The zero-order valence-corrected chi connectivity index (χ0v) is 8.58. The van der Waals surface area contributed by atoms with Gasteiger partial charge >= 0.3 is 0 Å². The Hall–Kier alpha value is -1.28. The lowest BCUT2D eigenvalue weighted by molar-refractivity contribution is -0.107. The van der Waals surface area contributed by atoms with Crippen molar-refractivity contribution >= 4 is 24.0 Å². The average Bonchev–Trinajstić information content (AvgIpc) is 2.13. The van der Waals surface area contributed by atoms with E-state index in [1.54, 1.807) is 31.2 Å². The molecule has 0 aliphatic rings. The number of aromatic hydroxyl groups is 1. The molecule has 0 spiro atoms. The maximum absolute atomic E-state index is 10.1. The summed E-state index contributed by atoms with van der Waals surface area (Å²) in [7, 11) is 0. The number of benzene rings is 1. The summed E-state index contributed by atoms with van der Waals surface area (Å²) in [6.07, 6.45) is 4.50. The van der Waals surface area contributed by atoms with E-state index < -0.39 is 0 Å². The summed E-state index contributed by atoms with van der Waals surface area (Å²) >= 11 is 5.82. The van der Waals surface area contributed by atoms with E-state index in [0.717, 1.165) is 11.8 Å². The summed E-state index contributed by atoms with van der Waals surface area (Å²) in [5.41, 5.74) is 1.36. The van der Waals surface area contributed by atoms with Crippen molar-refractivity contribution in [1.29, 1.82) is 0 Å². The third kappa shape index (κ3) is 2.60. The molecule has 0 aromatic heterocycles. The van der Waals surface area contributed by atoms with Gasteiger partial charge in [0.1, 0.15) is 12.0 Å². The van der Waals surface area contributed by atoms with E-state index in [-0.39, 0.29) is 5.75 Å². The monoisotopic (exact) mass is 210 g/mol. The molecule has 0 amide bonds. The number of hydrogen-bond acceptors (Lipinski definition) is 2. The Labute approximate surface area is 87.8 Å². The average molecular weight is 211 g/mol. The lowest BCUT2D eigenvalue weighted by Crippen LogP contribution is -1.81. The van der Waals surface area contributed by atoms with Crippen molar-refractivity contribution in [3.8, 4) is 5.75 Å². The van der Waals surface area contributed by atoms with Gasteiger partial charge in [-0.1, -0.05) is 23.8 Å². The zero-order valence-electron chi connectivity index (χ0n) is 7.83. The quantitative estimate of drug-likeness (QED) is 0.779. The minimum absolute atomic E-state index is 0.205. The molecule has 0 heterocycles. The summed E-state index contributed by atoms with van der Waals surface area (Å²) in [6, 6.07) is 3.35. The highest BCUT2D eigenvalue weighted by Crippen LogP contribution is 2.27. The first-order valence-corrected chi connectivity index (χ1v) is 4.62. The molecule has 1 N–H and O–H groups in total. The van der Waals surface area contributed by atoms with Gasteiger partial charge in [-0.25, -0.2) is 0 Å². The summed E-state index contributed by atoms with van der Waals surface area (Å²) in [6.45, 7) is 1.78. The molecule has 3 heteroatoms. The standard InChI is InChI=1S/C11H11ClO2/c1-8-6-10(12)7-9(11(8)14)4-2-3-5-13/h2,4-7,14H,3H2,1H3. The van der Waals surface area contributed by atoms with Crippen LogP contribution in [0.15, 0.2) is 18.2 Å². The van der Waals surface area contributed by atoms with Gasteiger partial charge in [-0.05, 0) is 24.6 Å². The van der Waals surface area contributed by atoms with Gasteiger partial charge in [0.25, 0.3) is 0 Å². The Morgan fingerprint density at radius 1 is 1.50 bits per heavy atom. The largest absolute Gasteiger partial charge is 0.507 e. The SMILES string of the molecule is Cc1cc(Cl)cc(C=CCC=O)c1O. The van der Waals surface area contributed by atoms with Crippen molar-refractivity contribution in [3.05, 3.63) is 34.4 Å². The molecular weight excluding hydrogens is 200 g/mol. The van der Waals surface area contributed by atoms with E-state index in [4.69, 9.17) is 11.6 Å². The predicted octanol–water partition coefficient (Wildman–Crippen LogP) is 2.96. The molecule has 0 saturated carbocycles. The van der Waals surface area contributed by atoms with Crippen molar-refractivity contribution < 1.29 is 9.90 Å². The van der Waals surface area contributed by atoms with Gasteiger partial charge in [0.2, 0.25) is 0 Å². The molecule has 0 saturated heterocycles. The maximum atomic E-state index is 10.1. The van der Waals surface area contributed by atoms with E-state index in [0.29, 0.717) is 17.0 Å². The molecule has 0 radical (unpaired) electrons. The molecular formula is C11H11ClO2. The highest BCUT2D eigenvalue weighted by atomic mass is 35.5. The summed E-state index contributed by atoms with van der Waals surface area (Å²) in [5, 5.41) is 10.2. The number of carbonyl (C=O) groups excluding carboxylic acids is 1. The molecule has 1 aromatic carbocycles. The Bertz CT molecular complexity index is 370. The van der Waals surface area contributed by atoms with Crippen LogP contribution in [-0.2, 0) is 4.79 Å². The van der Waals surface area contributed by atoms with Crippen LogP contribution in [0.1, 0.15) is 17.5 Å². The first-order chi connectivity index (χ1) is 6.65. The fourth-order valence-electron chi connectivity index (χ4n) is 1.14. The van der Waals surface area contributed by atoms with E-state index >= 15 is 0 Å². The van der Waals surface area contributed by atoms with Gasteiger partial charge in [0.15, 0.2) is 0 Å². The maximum Gasteiger partial charge on any atom is 0.125 e. The van der Waals surface area contributed by atoms with Crippen LogP contribution >= 0.6 is 11.6 Å². The minimum Gasteiger partial charge on any atom is -0.507 e. The molecule has 0 aliphatic heterocycles. The molecule has 0 unspecified atom stereocenters. The van der Waals surface area contributed by atoms with Crippen molar-refractivity contribution in [2.45, 2.75) is 13.3 Å². The number of halogens is 1. The third-order valence-corrected chi connectivity index (χ3v) is 2.04. The van der Waals surface area contributed by atoms with Crippen molar-refractivity contribution in [3.63, 3.8) is 0 Å². The third-order valence-electron chi connectivity index (χ3n) is 1.82. The summed E-state index contributed by atoms with van der Waals surface area (Å²) in [5.74, 6) is 0.205. The second kappa shape index (κ2) is 4.82. The van der Waals surface area contributed by atoms with Crippen LogP contribution in [-0.4, -0.2) is 11.4 Å². The van der Waals surface area contributed by atoms with E-state index in [1.165, 1.54) is 0 Å². The summed E-state index contributed by atoms with van der Waals surface area (Å²) < 4.78 is 0. The minimum atomic E-state index is 0.205. The fourth-order valence-corrected chi connectivity index (χ4v) is 1.42. The molecule has 0 fully saturated rings. The van der Waals surface area contributed by atoms with Crippen LogP contribution < -0.4 is 0 Å². The second-order valence-electron chi connectivity index (χ2n) is 2.97. The predicted molar refractivity (Wildman–Crippen MR) is 57.6 cm³/mol. The van der Waals surface area contributed by atoms with E-state index in [9.17, 15) is 9.90 Å². The molecule has 0 bridgehead atoms. The molecule has 2 nitrogen and oxygen atoms in total. The fraction of sp³-hybridized carbons (Fsp3) is 0.182. The first kappa shape index (κ1) is 10.8. The Morgan fingerprint density at radius 2 is 2.21 bits per heavy atom. The van der Waals surface area contributed by atoms with Crippen LogP contribution in [0.2, 0.25) is 5.02 Å². The van der Waals surface area contributed by atoms with Gasteiger partial charge in [-0.2, -0.15) is 0 Å². The van der Waals surface area contributed by atoms with Gasteiger partial charge in [0.05, 0.1) is 0 Å². The van der Waals surface area contributed by atoms with Crippen LogP contribution in [0.3, 0.4) is 0 Å². The highest BCUT2D eigenvalue weighted by Gasteiger charge is 2.02. The van der Waals surface area contributed by atoms with E-state index in [2.05, 4.69) is 0 Å². The van der Waals surface area contributed by atoms with Crippen LogP contribution in [0, 0.1) is 6.92 Å². The summed E-state index contributed by atoms with van der Waals surface area (Å²) in [4.78, 5) is 10.1. The van der Waals surface area contributed by atoms with Gasteiger partial charge in [-0.15, -0.1) is 0 Å². The number of allylic oxidation sites excluding steroid dienone is 1. The van der Waals surface area contributed by atoms with Crippen LogP contribution in [0.5, 0.6) is 5.75 Å². The number of hydrogen-bond donors (Lipinski definition) is 1. The van der Waals surface area contributed by atoms with Crippen LogP contribution in [0.25, 0.3) is 6.08 Å². The van der Waals surface area contributed by atoms with Crippen molar-refractivity contribution in [2.24, 2.45) is 0 Å². The van der Waals surface area contributed by atoms with Gasteiger partial charge < -0.3 is 9.90 Å². The second-order valence-corrected chi connectivity index (χ2v) is 3.40. The highest BCUT2D eigenvalue weighted by molar-refractivity contribution is 6.30. The number of aryl methyl sites for hydroxylation is 1.